The molecule has 0 aliphatic heterocycles. The van der Waals surface area contributed by atoms with Gasteiger partial charge in [-0.15, -0.1) is 0 Å². The Kier molecular flexibility index (Phi) is 29.9. The van der Waals surface area contributed by atoms with Crippen molar-refractivity contribution in [1.29, 1.82) is 0 Å². The van der Waals surface area contributed by atoms with E-state index in [9.17, 15) is 0 Å². The van der Waals surface area contributed by atoms with Gasteiger partial charge in [0.25, 0.3) is 0 Å². The van der Waals surface area contributed by atoms with Crippen LogP contribution >= 0.6 is 0 Å². The van der Waals surface area contributed by atoms with Crippen LogP contribution < -0.4 is 0 Å². The molecular formula is C34H72OSi. The van der Waals surface area contributed by atoms with Gasteiger partial charge in [0.1, 0.15) is 0 Å². The van der Waals surface area contributed by atoms with Crippen molar-refractivity contribution >= 4 is 8.32 Å². The molecule has 0 saturated carbocycles. The van der Waals surface area contributed by atoms with Crippen LogP contribution in [0.15, 0.2) is 0 Å². The molecule has 0 rings (SSSR count). The summed E-state index contributed by atoms with van der Waals surface area (Å²) < 4.78 is 7.02. The van der Waals surface area contributed by atoms with Crippen LogP contribution in [0.25, 0.3) is 0 Å². The SMILES string of the molecule is CCCCCCCCCCCCCCCCO[Si](CCCCCC)(CCCCCC)CCCCCC. The van der Waals surface area contributed by atoms with Crippen LogP contribution in [-0.4, -0.2) is 14.9 Å². The summed E-state index contributed by atoms with van der Waals surface area (Å²) in [6, 6.07) is 4.34. The Hall–Kier alpha value is 0.177. The fourth-order valence-corrected chi connectivity index (χ4v) is 10.2. The molecule has 0 aliphatic carbocycles. The van der Waals surface area contributed by atoms with Gasteiger partial charge in [-0.3, -0.25) is 0 Å². The molecule has 0 unspecified atom stereocenters. The zero-order valence-electron chi connectivity index (χ0n) is 26.1. The van der Waals surface area contributed by atoms with Gasteiger partial charge in [-0.25, -0.2) is 0 Å². The van der Waals surface area contributed by atoms with E-state index in [1.165, 1.54) is 185 Å². The molecule has 0 spiro atoms. The first-order valence-electron chi connectivity index (χ1n) is 17.4. The largest absolute Gasteiger partial charge is 0.417 e. The molecule has 0 aromatic heterocycles. The molecule has 1 nitrogen and oxygen atoms in total. The average molecular weight is 525 g/mol. The lowest BCUT2D eigenvalue weighted by Crippen LogP contribution is -2.38. The summed E-state index contributed by atoms with van der Waals surface area (Å²) in [4.78, 5) is 0. The van der Waals surface area contributed by atoms with E-state index in [0.717, 1.165) is 6.61 Å². The summed E-state index contributed by atoms with van der Waals surface area (Å²) in [5.74, 6) is 0. The van der Waals surface area contributed by atoms with E-state index >= 15 is 0 Å². The van der Waals surface area contributed by atoms with E-state index in [1.54, 1.807) is 0 Å². The summed E-state index contributed by atoms with van der Waals surface area (Å²) in [7, 11) is -1.55. The highest BCUT2D eigenvalue weighted by Gasteiger charge is 2.33. The third-order valence-electron chi connectivity index (χ3n) is 8.36. The number of rotatable bonds is 31. The number of unbranched alkanes of at least 4 members (excludes halogenated alkanes) is 22. The fourth-order valence-electron chi connectivity index (χ4n) is 5.80. The van der Waals surface area contributed by atoms with Crippen LogP contribution in [0.5, 0.6) is 0 Å². The normalized spacial score (nSPS) is 12.0. The van der Waals surface area contributed by atoms with Gasteiger partial charge in [-0.1, -0.05) is 188 Å². The topological polar surface area (TPSA) is 9.23 Å². The summed E-state index contributed by atoms with van der Waals surface area (Å²) in [5, 5.41) is 0. The lowest BCUT2D eigenvalue weighted by molar-refractivity contribution is 0.281. The molecule has 36 heavy (non-hydrogen) atoms. The molecule has 0 radical (unpaired) electrons. The lowest BCUT2D eigenvalue weighted by Gasteiger charge is -2.32. The van der Waals surface area contributed by atoms with E-state index in [-0.39, 0.29) is 0 Å². The van der Waals surface area contributed by atoms with Crippen molar-refractivity contribution in [3.8, 4) is 0 Å². The molecule has 0 N–H and O–H groups in total. The van der Waals surface area contributed by atoms with Crippen molar-refractivity contribution in [3.63, 3.8) is 0 Å². The maximum Gasteiger partial charge on any atom is 0.192 e. The standard InChI is InChI=1S/C34H72OSi/c1-5-9-13-17-18-19-20-21-22-23-24-25-26-27-31-35-36(32-28-14-10-6-2,33-29-15-11-7-3)34-30-16-12-8-4/h5-34H2,1-4H3. The molecule has 0 fully saturated rings. The molecule has 0 aromatic carbocycles. The Labute approximate surface area is 231 Å². The van der Waals surface area contributed by atoms with Crippen LogP contribution in [0.3, 0.4) is 0 Å². The first-order chi connectivity index (χ1) is 17.7. The fraction of sp³-hybridized carbons (Fsp3) is 1.00. The summed E-state index contributed by atoms with van der Waals surface area (Å²) in [6.07, 6.45) is 37.0. The summed E-state index contributed by atoms with van der Waals surface area (Å²) >= 11 is 0. The van der Waals surface area contributed by atoms with Gasteiger partial charge in [0.15, 0.2) is 8.32 Å². The molecule has 0 aromatic rings. The Morgan fingerprint density at radius 3 is 0.861 bits per heavy atom. The molecule has 0 amide bonds. The van der Waals surface area contributed by atoms with E-state index in [2.05, 4.69) is 27.7 Å². The Balaban J connectivity index is 4.18. The second-order valence-electron chi connectivity index (χ2n) is 12.1. The minimum atomic E-state index is -1.55. The molecular weight excluding hydrogens is 452 g/mol. The predicted molar refractivity (Wildman–Crippen MR) is 169 cm³/mol. The zero-order chi connectivity index (χ0) is 26.4. The highest BCUT2D eigenvalue weighted by molar-refractivity contribution is 6.73. The maximum atomic E-state index is 7.02. The molecule has 218 valence electrons. The number of hydrogen-bond acceptors (Lipinski definition) is 1. The third kappa shape index (κ3) is 24.5. The molecule has 0 aliphatic rings. The van der Waals surface area contributed by atoms with Crippen LogP contribution in [0, 0.1) is 0 Å². The molecule has 0 bridgehead atoms. The van der Waals surface area contributed by atoms with Gasteiger partial charge in [0, 0.05) is 6.61 Å². The predicted octanol–water partition coefficient (Wildman–Crippen LogP) is 13.2. The highest BCUT2D eigenvalue weighted by atomic mass is 28.4. The first kappa shape index (κ1) is 36.2. The Bertz CT molecular complexity index is 365. The van der Waals surface area contributed by atoms with Crippen LogP contribution in [-0.2, 0) is 4.43 Å². The third-order valence-corrected chi connectivity index (χ3v) is 13.0. The Morgan fingerprint density at radius 2 is 0.556 bits per heavy atom. The minimum Gasteiger partial charge on any atom is -0.417 e. The van der Waals surface area contributed by atoms with Crippen molar-refractivity contribution < 1.29 is 4.43 Å². The lowest BCUT2D eigenvalue weighted by atomic mass is 10.0. The van der Waals surface area contributed by atoms with E-state index in [1.807, 2.05) is 0 Å². The van der Waals surface area contributed by atoms with Gasteiger partial charge in [-0.2, -0.15) is 0 Å². The zero-order valence-corrected chi connectivity index (χ0v) is 27.1. The molecule has 0 saturated heterocycles. The molecule has 0 atom stereocenters. The molecule has 0 heterocycles. The highest BCUT2D eigenvalue weighted by Crippen LogP contribution is 2.31. The second-order valence-corrected chi connectivity index (χ2v) is 16.2. The summed E-state index contributed by atoms with van der Waals surface area (Å²) in [5.41, 5.74) is 0. The Morgan fingerprint density at radius 1 is 0.306 bits per heavy atom. The monoisotopic (exact) mass is 525 g/mol. The van der Waals surface area contributed by atoms with Gasteiger partial charge in [0.05, 0.1) is 0 Å². The quantitative estimate of drug-likeness (QED) is 0.0647. The van der Waals surface area contributed by atoms with Crippen LogP contribution in [0.1, 0.15) is 195 Å². The van der Waals surface area contributed by atoms with E-state index in [4.69, 9.17) is 4.43 Å². The maximum absolute atomic E-state index is 7.02. The first-order valence-corrected chi connectivity index (χ1v) is 19.9. The van der Waals surface area contributed by atoms with Crippen molar-refractivity contribution in [3.05, 3.63) is 0 Å². The van der Waals surface area contributed by atoms with Crippen molar-refractivity contribution in [2.24, 2.45) is 0 Å². The van der Waals surface area contributed by atoms with Gasteiger partial charge in [0.2, 0.25) is 0 Å². The van der Waals surface area contributed by atoms with Gasteiger partial charge in [-0.05, 0) is 24.6 Å². The van der Waals surface area contributed by atoms with Crippen LogP contribution in [0.4, 0.5) is 0 Å². The van der Waals surface area contributed by atoms with Crippen molar-refractivity contribution in [2.75, 3.05) is 6.61 Å². The van der Waals surface area contributed by atoms with Crippen molar-refractivity contribution in [2.45, 2.75) is 213 Å². The minimum absolute atomic E-state index is 1.07. The van der Waals surface area contributed by atoms with Gasteiger partial charge < -0.3 is 4.43 Å². The van der Waals surface area contributed by atoms with Crippen molar-refractivity contribution in [1.82, 2.24) is 0 Å². The smallest absolute Gasteiger partial charge is 0.192 e. The van der Waals surface area contributed by atoms with Crippen LogP contribution in [0.2, 0.25) is 18.1 Å². The second kappa shape index (κ2) is 29.7. The van der Waals surface area contributed by atoms with E-state index in [0.29, 0.717) is 0 Å². The number of hydrogen-bond donors (Lipinski definition) is 0. The van der Waals surface area contributed by atoms with E-state index < -0.39 is 8.32 Å². The molecule has 2 heteroatoms. The van der Waals surface area contributed by atoms with Gasteiger partial charge >= 0.3 is 0 Å². The summed E-state index contributed by atoms with van der Waals surface area (Å²) in [6.45, 7) is 10.4. The average Bonchev–Trinajstić information content (AvgIpc) is 2.89.